The number of nitrogens with two attached hydrogens (primary N) is 1. The highest BCUT2D eigenvalue weighted by Crippen LogP contribution is 2.43. The van der Waals surface area contributed by atoms with Crippen LogP contribution in [0, 0.1) is 13.8 Å². The van der Waals surface area contributed by atoms with E-state index >= 15 is 0 Å². The van der Waals surface area contributed by atoms with Gasteiger partial charge in [0.15, 0.2) is 0 Å². The van der Waals surface area contributed by atoms with Crippen LogP contribution in [0.2, 0.25) is 0 Å². The Bertz CT molecular complexity index is 1050. The first kappa shape index (κ1) is 22.0. The van der Waals surface area contributed by atoms with Crippen LogP contribution in [0.25, 0.3) is 22.3 Å². The predicted molar refractivity (Wildman–Crippen MR) is 130 cm³/mol. The molecule has 0 atom stereocenters. The van der Waals surface area contributed by atoms with Crippen LogP contribution in [0.4, 0.5) is 0 Å². The summed E-state index contributed by atoms with van der Waals surface area (Å²) in [7, 11) is 0. The van der Waals surface area contributed by atoms with Crippen molar-refractivity contribution in [3.63, 3.8) is 0 Å². The molecular formula is C28H30N2O2. The number of nitrogens with zero attached hydrogens (tertiary/aromatic N) is 1. The molecule has 0 aliphatic carbocycles. The molecule has 0 bridgehead atoms. The van der Waals surface area contributed by atoms with Crippen molar-refractivity contribution < 1.29 is 9.59 Å². The number of amides is 2. The first-order chi connectivity index (χ1) is 15.6. The van der Waals surface area contributed by atoms with E-state index in [1.165, 1.54) is 4.90 Å². The van der Waals surface area contributed by atoms with Crippen LogP contribution >= 0.6 is 0 Å². The summed E-state index contributed by atoms with van der Waals surface area (Å²) < 4.78 is 0. The fourth-order valence-electron chi connectivity index (χ4n) is 4.80. The van der Waals surface area contributed by atoms with Crippen LogP contribution in [0.1, 0.15) is 57.5 Å². The zero-order chi connectivity index (χ0) is 22.7. The van der Waals surface area contributed by atoms with E-state index in [9.17, 15) is 9.59 Å². The van der Waals surface area contributed by atoms with Crippen LogP contribution in [-0.4, -0.2) is 29.8 Å². The van der Waals surface area contributed by atoms with E-state index in [0.717, 1.165) is 59.1 Å². The molecule has 3 aromatic rings. The molecule has 4 nitrogen and oxygen atoms in total. The third-order valence-electron chi connectivity index (χ3n) is 6.38. The molecule has 1 heterocycles. The van der Waals surface area contributed by atoms with E-state index in [1.807, 2.05) is 50.2 Å². The monoisotopic (exact) mass is 426 g/mol. The minimum atomic E-state index is -0.166. The van der Waals surface area contributed by atoms with Gasteiger partial charge in [0.05, 0.1) is 11.1 Å². The molecule has 1 aliphatic heterocycles. The molecule has 3 aromatic carbocycles. The van der Waals surface area contributed by atoms with Crippen LogP contribution in [0.3, 0.4) is 0 Å². The molecular weight excluding hydrogens is 396 g/mol. The molecule has 2 N–H and O–H groups in total. The smallest absolute Gasteiger partial charge is 0.261 e. The van der Waals surface area contributed by atoms with Crippen molar-refractivity contribution in [3.05, 3.63) is 82.9 Å². The van der Waals surface area contributed by atoms with Gasteiger partial charge in [0.1, 0.15) is 0 Å². The molecule has 0 unspecified atom stereocenters. The molecule has 1 aliphatic rings. The quantitative estimate of drug-likeness (QED) is 0.368. The molecule has 0 saturated heterocycles. The molecule has 2 amide bonds. The Kier molecular flexibility index (Phi) is 6.52. The van der Waals surface area contributed by atoms with Crippen molar-refractivity contribution in [2.45, 2.75) is 39.5 Å². The molecule has 0 saturated carbocycles. The maximum absolute atomic E-state index is 13.4. The Hall–Kier alpha value is -3.24. The van der Waals surface area contributed by atoms with E-state index in [0.29, 0.717) is 24.2 Å². The first-order valence-corrected chi connectivity index (χ1v) is 11.4. The minimum Gasteiger partial charge on any atom is -0.330 e. The van der Waals surface area contributed by atoms with E-state index in [-0.39, 0.29) is 11.8 Å². The van der Waals surface area contributed by atoms with Gasteiger partial charge in [0.25, 0.3) is 11.8 Å². The lowest BCUT2D eigenvalue weighted by Crippen LogP contribution is -2.31. The molecule has 0 aromatic heterocycles. The van der Waals surface area contributed by atoms with Crippen LogP contribution in [0.5, 0.6) is 0 Å². The van der Waals surface area contributed by atoms with Gasteiger partial charge in [0.2, 0.25) is 0 Å². The molecule has 0 spiro atoms. The second-order valence-corrected chi connectivity index (χ2v) is 8.45. The van der Waals surface area contributed by atoms with E-state index < -0.39 is 0 Å². The van der Waals surface area contributed by atoms with Crippen molar-refractivity contribution in [1.82, 2.24) is 4.90 Å². The summed E-state index contributed by atoms with van der Waals surface area (Å²) in [4.78, 5) is 28.3. The SMILES string of the molecule is Cc1c2c(c(C)c(-c3ccccc3)c1-c1ccccc1)C(=O)N(CCCCCCN)C2=O. The third-order valence-corrected chi connectivity index (χ3v) is 6.38. The highest BCUT2D eigenvalue weighted by atomic mass is 16.2. The topological polar surface area (TPSA) is 63.4 Å². The maximum atomic E-state index is 13.4. The minimum absolute atomic E-state index is 0.166. The molecule has 4 heteroatoms. The van der Waals surface area contributed by atoms with Crippen molar-refractivity contribution >= 4 is 11.8 Å². The fourth-order valence-corrected chi connectivity index (χ4v) is 4.80. The predicted octanol–water partition coefficient (Wildman–Crippen LogP) is 5.75. The summed E-state index contributed by atoms with van der Waals surface area (Å²) in [6.07, 6.45) is 3.77. The van der Waals surface area contributed by atoms with Crippen molar-refractivity contribution in [2.24, 2.45) is 5.73 Å². The number of benzene rings is 3. The largest absolute Gasteiger partial charge is 0.330 e. The van der Waals surface area contributed by atoms with E-state index in [4.69, 9.17) is 5.73 Å². The number of rotatable bonds is 8. The van der Waals surface area contributed by atoms with Crippen LogP contribution in [0.15, 0.2) is 60.7 Å². The summed E-state index contributed by atoms with van der Waals surface area (Å²) in [6.45, 7) is 5.08. The van der Waals surface area contributed by atoms with Gasteiger partial charge in [-0.2, -0.15) is 0 Å². The van der Waals surface area contributed by atoms with Gasteiger partial charge in [-0.3, -0.25) is 14.5 Å². The van der Waals surface area contributed by atoms with Crippen molar-refractivity contribution in [2.75, 3.05) is 13.1 Å². The summed E-state index contributed by atoms with van der Waals surface area (Å²) in [5, 5.41) is 0. The van der Waals surface area contributed by atoms with Gasteiger partial charge in [0, 0.05) is 6.54 Å². The number of hydrogen-bond acceptors (Lipinski definition) is 3. The number of carbonyl (C=O) groups is 2. The molecule has 4 rings (SSSR count). The summed E-state index contributed by atoms with van der Waals surface area (Å²) in [5.74, 6) is -0.331. The molecule has 0 radical (unpaired) electrons. The summed E-state index contributed by atoms with van der Waals surface area (Å²) >= 11 is 0. The van der Waals surface area contributed by atoms with Gasteiger partial charge < -0.3 is 5.73 Å². The maximum Gasteiger partial charge on any atom is 0.261 e. The lowest BCUT2D eigenvalue weighted by atomic mass is 9.82. The number of imide groups is 1. The first-order valence-electron chi connectivity index (χ1n) is 11.4. The number of carbonyl (C=O) groups excluding carboxylic acids is 2. The Morgan fingerprint density at radius 1 is 0.625 bits per heavy atom. The fraction of sp³-hybridized carbons (Fsp3) is 0.286. The zero-order valence-corrected chi connectivity index (χ0v) is 18.9. The van der Waals surface area contributed by atoms with E-state index in [1.54, 1.807) is 0 Å². The number of fused-ring (bicyclic) bond motifs is 1. The standard InChI is InChI=1S/C28H30N2O2/c1-19-23(21-13-7-5-8-14-21)24(22-15-9-6-10-16-22)20(2)26-25(19)27(31)30(28(26)32)18-12-4-3-11-17-29/h5-10,13-16H,3-4,11-12,17-18,29H2,1-2H3. The Labute approximate surface area is 190 Å². The lowest BCUT2D eigenvalue weighted by Gasteiger charge is -2.19. The second-order valence-electron chi connectivity index (χ2n) is 8.45. The molecule has 32 heavy (non-hydrogen) atoms. The van der Waals surface area contributed by atoms with Crippen LogP contribution in [-0.2, 0) is 0 Å². The second kappa shape index (κ2) is 9.49. The van der Waals surface area contributed by atoms with Crippen molar-refractivity contribution in [1.29, 1.82) is 0 Å². The van der Waals surface area contributed by atoms with Gasteiger partial charge >= 0.3 is 0 Å². The van der Waals surface area contributed by atoms with E-state index in [2.05, 4.69) is 24.3 Å². The Morgan fingerprint density at radius 3 is 1.50 bits per heavy atom. The average molecular weight is 427 g/mol. The summed E-state index contributed by atoms with van der Waals surface area (Å²) in [6, 6.07) is 20.3. The lowest BCUT2D eigenvalue weighted by molar-refractivity contribution is 0.0651. The van der Waals surface area contributed by atoms with Crippen molar-refractivity contribution in [3.8, 4) is 22.3 Å². The molecule has 164 valence electrons. The van der Waals surface area contributed by atoms with Gasteiger partial charge in [-0.05, 0) is 66.6 Å². The third kappa shape index (κ3) is 3.87. The number of unbranched alkanes of at least 4 members (excludes halogenated alkanes) is 3. The Balaban J connectivity index is 1.84. The highest BCUT2D eigenvalue weighted by molar-refractivity contribution is 6.24. The molecule has 0 fully saturated rings. The zero-order valence-electron chi connectivity index (χ0n) is 18.9. The van der Waals surface area contributed by atoms with Gasteiger partial charge in [-0.25, -0.2) is 0 Å². The van der Waals surface area contributed by atoms with Gasteiger partial charge in [-0.15, -0.1) is 0 Å². The normalized spacial score (nSPS) is 13.0. The average Bonchev–Trinajstić information content (AvgIpc) is 3.07. The number of hydrogen-bond donors (Lipinski definition) is 1. The summed E-state index contributed by atoms with van der Waals surface area (Å²) in [5.41, 5.74) is 12.6. The van der Waals surface area contributed by atoms with Crippen LogP contribution < -0.4 is 5.73 Å². The highest BCUT2D eigenvalue weighted by Gasteiger charge is 2.40. The Morgan fingerprint density at radius 2 is 1.06 bits per heavy atom. The van der Waals surface area contributed by atoms with Gasteiger partial charge in [-0.1, -0.05) is 73.5 Å².